The lowest BCUT2D eigenvalue weighted by Crippen LogP contribution is -2.07. The number of benzene rings is 8. The maximum absolute atomic E-state index is 15.2. The van der Waals surface area contributed by atoms with Gasteiger partial charge in [-0.1, -0.05) is 91.0 Å². The molecule has 8 aromatic carbocycles. The monoisotopic (exact) mass is 724 g/mol. The Balaban J connectivity index is 1.09. The molecule has 0 spiro atoms. The minimum absolute atomic E-state index is 0.0882. The van der Waals surface area contributed by atoms with Crippen LogP contribution in [0.4, 0.5) is 17.6 Å². The molecule has 0 bridgehead atoms. The van der Waals surface area contributed by atoms with Crippen LogP contribution < -0.4 is 0 Å². The van der Waals surface area contributed by atoms with Crippen LogP contribution in [-0.4, -0.2) is 9.13 Å². The summed E-state index contributed by atoms with van der Waals surface area (Å²) in [5.41, 5.74) is 7.47. The molecule has 0 fully saturated rings. The number of halogens is 4. The van der Waals surface area contributed by atoms with Gasteiger partial charge in [0.1, 0.15) is 23.3 Å². The predicted octanol–water partition coefficient (Wildman–Crippen LogP) is 13.2. The van der Waals surface area contributed by atoms with Crippen LogP contribution in [0.2, 0.25) is 0 Å². The maximum atomic E-state index is 15.2. The Hall–Kier alpha value is -6.66. The fourth-order valence-corrected chi connectivity index (χ4v) is 8.48. The van der Waals surface area contributed by atoms with E-state index in [1.165, 1.54) is 40.6 Å². The van der Waals surface area contributed by atoms with Gasteiger partial charge in [-0.15, -0.1) is 0 Å². The molecule has 0 saturated heterocycles. The summed E-state index contributed by atoms with van der Waals surface area (Å²) >= 11 is 0. The van der Waals surface area contributed by atoms with Crippen LogP contribution in [-0.2, 0) is 12.8 Å². The summed E-state index contributed by atoms with van der Waals surface area (Å²) in [4.78, 5) is 0. The van der Waals surface area contributed by atoms with Gasteiger partial charge >= 0.3 is 0 Å². The average molecular weight is 725 g/mol. The third kappa shape index (κ3) is 5.64. The number of para-hydroxylation sites is 2. The van der Waals surface area contributed by atoms with E-state index in [1.54, 1.807) is 0 Å². The topological polar surface area (TPSA) is 9.86 Å². The van der Waals surface area contributed by atoms with Crippen LogP contribution in [0.3, 0.4) is 0 Å². The maximum Gasteiger partial charge on any atom is 0.150 e. The molecule has 0 amide bonds. The minimum Gasteiger partial charge on any atom is -0.306 e. The predicted molar refractivity (Wildman–Crippen MR) is 215 cm³/mol. The fourth-order valence-electron chi connectivity index (χ4n) is 8.48. The first-order valence-electron chi connectivity index (χ1n) is 18.3. The molecule has 0 aliphatic rings. The average Bonchev–Trinajstić information content (AvgIpc) is 3.70. The largest absolute Gasteiger partial charge is 0.306 e. The Morgan fingerprint density at radius 3 is 1.38 bits per heavy atom. The molecule has 0 aliphatic carbocycles. The van der Waals surface area contributed by atoms with Crippen molar-refractivity contribution in [3.05, 3.63) is 204 Å². The minimum atomic E-state index is -0.619. The van der Waals surface area contributed by atoms with Gasteiger partial charge in [0.25, 0.3) is 0 Å². The summed E-state index contributed by atoms with van der Waals surface area (Å²) in [5.74, 6) is -2.38. The van der Waals surface area contributed by atoms with Gasteiger partial charge in [-0.3, -0.25) is 0 Å². The summed E-state index contributed by atoms with van der Waals surface area (Å²) in [7, 11) is 0. The Morgan fingerprint density at radius 1 is 0.382 bits per heavy atom. The standard InChI is InChI=1S/C49H32F4N2/c50-36-17-21-48(42(52)28-36)54-44-11-5-3-9-38(44)40-25-30(13-19-46(40)54)23-35(34-16-15-32-7-1-2-8-33(32)27-34)24-31-14-20-47-41(26-31)39-10-4-6-12-45(39)55(47)49-22-18-37(51)29-43(49)53/h1-22,25-29,35H,23-24H2. The van der Waals surface area contributed by atoms with Gasteiger partial charge < -0.3 is 9.13 Å². The van der Waals surface area contributed by atoms with Crippen molar-refractivity contribution in [2.24, 2.45) is 0 Å². The van der Waals surface area contributed by atoms with Crippen molar-refractivity contribution in [1.29, 1.82) is 0 Å². The van der Waals surface area contributed by atoms with E-state index in [0.29, 0.717) is 11.4 Å². The third-order valence-electron chi connectivity index (χ3n) is 11.0. The van der Waals surface area contributed by atoms with Crippen molar-refractivity contribution in [2.75, 3.05) is 0 Å². The molecule has 0 aliphatic heterocycles. The van der Waals surface area contributed by atoms with Gasteiger partial charge in [0, 0.05) is 33.7 Å². The van der Waals surface area contributed by atoms with Crippen LogP contribution in [0.15, 0.2) is 164 Å². The summed E-state index contributed by atoms with van der Waals surface area (Å²) in [6.07, 6.45) is 1.47. The Bertz CT molecular complexity index is 2950. The number of rotatable bonds is 7. The van der Waals surface area contributed by atoms with Gasteiger partial charge in [0.2, 0.25) is 0 Å². The van der Waals surface area contributed by atoms with Crippen LogP contribution in [0.1, 0.15) is 22.6 Å². The third-order valence-corrected chi connectivity index (χ3v) is 11.0. The molecule has 2 aromatic heterocycles. The molecule has 2 nitrogen and oxygen atoms in total. The molecule has 266 valence electrons. The van der Waals surface area contributed by atoms with Gasteiger partial charge in [0.15, 0.2) is 0 Å². The second-order valence-corrected chi connectivity index (χ2v) is 14.3. The fraction of sp³-hybridized carbons (Fsp3) is 0.0612. The molecule has 0 saturated carbocycles. The van der Waals surface area contributed by atoms with Crippen LogP contribution >= 0.6 is 0 Å². The van der Waals surface area contributed by atoms with E-state index in [0.717, 1.165) is 79.7 Å². The molecule has 10 rings (SSSR count). The van der Waals surface area contributed by atoms with Gasteiger partial charge in [-0.05, 0) is 107 Å². The molecule has 10 aromatic rings. The molecule has 0 unspecified atom stereocenters. The van der Waals surface area contributed by atoms with Crippen LogP contribution in [0, 0.1) is 23.3 Å². The van der Waals surface area contributed by atoms with Crippen molar-refractivity contribution in [1.82, 2.24) is 9.13 Å². The van der Waals surface area contributed by atoms with Crippen molar-refractivity contribution in [3.8, 4) is 11.4 Å². The second-order valence-electron chi connectivity index (χ2n) is 14.3. The Kier molecular flexibility index (Phi) is 7.80. The number of hydrogen-bond donors (Lipinski definition) is 0. The number of nitrogens with zero attached hydrogens (tertiary/aromatic N) is 2. The highest BCUT2D eigenvalue weighted by Crippen LogP contribution is 2.38. The van der Waals surface area contributed by atoms with Gasteiger partial charge in [-0.2, -0.15) is 0 Å². The van der Waals surface area contributed by atoms with E-state index in [2.05, 4.69) is 60.7 Å². The molecule has 0 atom stereocenters. The van der Waals surface area contributed by atoms with E-state index in [4.69, 9.17) is 0 Å². The van der Waals surface area contributed by atoms with Crippen LogP contribution in [0.25, 0.3) is 65.8 Å². The zero-order valence-corrected chi connectivity index (χ0v) is 29.5. The second kappa shape index (κ2) is 13.0. The molecule has 0 N–H and O–H groups in total. The Labute approximate surface area is 314 Å². The summed E-state index contributed by atoms with van der Waals surface area (Å²) < 4.78 is 62.1. The van der Waals surface area contributed by atoms with Crippen molar-refractivity contribution in [3.63, 3.8) is 0 Å². The van der Waals surface area contributed by atoms with Crippen LogP contribution in [0.5, 0.6) is 0 Å². The van der Waals surface area contributed by atoms with Crippen molar-refractivity contribution >= 4 is 54.4 Å². The van der Waals surface area contributed by atoms with E-state index in [-0.39, 0.29) is 5.92 Å². The molecule has 2 heterocycles. The highest BCUT2D eigenvalue weighted by molar-refractivity contribution is 6.10. The lowest BCUT2D eigenvalue weighted by Gasteiger charge is -2.19. The first kappa shape index (κ1) is 32.9. The number of hydrogen-bond acceptors (Lipinski definition) is 0. The highest BCUT2D eigenvalue weighted by atomic mass is 19.1. The quantitative estimate of drug-likeness (QED) is 0.145. The zero-order valence-electron chi connectivity index (χ0n) is 29.5. The SMILES string of the molecule is Fc1ccc(-n2c3ccccc3c3cc(CC(Cc4ccc5c(c4)c4ccccc4n5-c4ccc(F)cc4F)c4ccc5ccccc5c4)ccc32)c(F)c1. The summed E-state index contributed by atoms with van der Waals surface area (Å²) in [6, 6.07) is 51.0. The van der Waals surface area contributed by atoms with E-state index >= 15 is 8.78 Å². The van der Waals surface area contributed by atoms with Crippen molar-refractivity contribution in [2.45, 2.75) is 18.8 Å². The summed E-state index contributed by atoms with van der Waals surface area (Å²) in [5, 5.41) is 6.32. The molecule has 6 heteroatoms. The molecular formula is C49H32F4N2. The zero-order chi connectivity index (χ0) is 37.2. The lowest BCUT2D eigenvalue weighted by atomic mass is 9.85. The van der Waals surface area contributed by atoms with E-state index in [9.17, 15) is 8.78 Å². The normalized spacial score (nSPS) is 11.9. The Morgan fingerprint density at radius 2 is 0.855 bits per heavy atom. The smallest absolute Gasteiger partial charge is 0.150 e. The summed E-state index contributed by atoms with van der Waals surface area (Å²) in [6.45, 7) is 0. The molecular weight excluding hydrogens is 693 g/mol. The van der Waals surface area contributed by atoms with Gasteiger partial charge in [0.05, 0.1) is 33.4 Å². The lowest BCUT2D eigenvalue weighted by molar-refractivity contribution is 0.578. The van der Waals surface area contributed by atoms with E-state index in [1.807, 2.05) is 75.9 Å². The number of fused-ring (bicyclic) bond motifs is 7. The van der Waals surface area contributed by atoms with Crippen molar-refractivity contribution < 1.29 is 17.6 Å². The molecule has 55 heavy (non-hydrogen) atoms. The molecule has 0 radical (unpaired) electrons. The first-order chi connectivity index (χ1) is 26.9. The van der Waals surface area contributed by atoms with Gasteiger partial charge in [-0.25, -0.2) is 17.6 Å². The number of aromatic nitrogens is 2. The highest BCUT2D eigenvalue weighted by Gasteiger charge is 2.21. The first-order valence-corrected chi connectivity index (χ1v) is 18.3. The van der Waals surface area contributed by atoms with E-state index < -0.39 is 23.3 Å².